The van der Waals surface area contributed by atoms with Crippen molar-refractivity contribution >= 4 is 46.0 Å². The maximum absolute atomic E-state index is 12.0. The summed E-state index contributed by atoms with van der Waals surface area (Å²) in [4.78, 5) is 22.1. The Morgan fingerprint density at radius 2 is 1.95 bits per heavy atom. The zero-order chi connectivity index (χ0) is 27.3. The van der Waals surface area contributed by atoms with E-state index >= 15 is 0 Å². The van der Waals surface area contributed by atoms with Crippen LogP contribution in [0.3, 0.4) is 0 Å². The van der Waals surface area contributed by atoms with Crippen molar-refractivity contribution in [2.75, 3.05) is 18.8 Å². The van der Waals surface area contributed by atoms with Gasteiger partial charge in [-0.3, -0.25) is 4.90 Å². The van der Waals surface area contributed by atoms with Crippen molar-refractivity contribution < 1.29 is 14.3 Å². The molecule has 202 valence electrons. The maximum atomic E-state index is 12.0. The van der Waals surface area contributed by atoms with Gasteiger partial charge in [-0.25, -0.2) is 9.78 Å². The molecule has 2 fully saturated rings. The van der Waals surface area contributed by atoms with Crippen LogP contribution in [0, 0.1) is 5.92 Å². The molecule has 2 saturated heterocycles. The molecule has 4 heterocycles. The maximum Gasteiger partial charge on any atom is 0.407 e. The predicted molar refractivity (Wildman–Crippen MR) is 153 cm³/mol. The average molecular weight is 566 g/mol. The number of rotatable bonds is 6. The van der Waals surface area contributed by atoms with Crippen molar-refractivity contribution in [2.45, 2.75) is 38.6 Å². The highest BCUT2D eigenvalue weighted by Crippen LogP contribution is 2.36. The van der Waals surface area contributed by atoms with Gasteiger partial charge in [-0.15, -0.1) is 0 Å². The van der Waals surface area contributed by atoms with E-state index in [0.717, 1.165) is 41.7 Å². The number of alkyl carbamates (subject to hydrolysis) is 1. The molecule has 0 bridgehead atoms. The number of halogens is 2. The van der Waals surface area contributed by atoms with Crippen LogP contribution in [-0.2, 0) is 17.9 Å². The first-order valence-electron chi connectivity index (χ1n) is 12.8. The van der Waals surface area contributed by atoms with Crippen molar-refractivity contribution in [3.05, 3.63) is 76.0 Å². The lowest BCUT2D eigenvalue weighted by atomic mass is 9.85. The zero-order valence-electron chi connectivity index (χ0n) is 21.6. The molecule has 0 aliphatic carbocycles. The standard InChI is InChI=1S/C29H29Cl2N5O3/c1-29(2)21-13-36(14-25(21)35-28(37)39-29)12-18-11-33-24-7-6-16(8-19(18)24)17-9-26(27(32)34-10-17)38-15-20-22(30)4-3-5-23(20)31/h3-11,21,25,33H,12-15H2,1-2H3,(H2,32,34)(H,35,37)/t21?,25-/m0/s1. The molecule has 1 unspecified atom stereocenters. The van der Waals surface area contributed by atoms with Crippen molar-refractivity contribution in [1.82, 2.24) is 20.2 Å². The molecule has 39 heavy (non-hydrogen) atoms. The number of amides is 1. The number of fused-ring (bicyclic) bond motifs is 2. The lowest BCUT2D eigenvalue weighted by Crippen LogP contribution is -2.56. The molecule has 1 amide bonds. The molecule has 0 saturated carbocycles. The summed E-state index contributed by atoms with van der Waals surface area (Å²) in [5.41, 5.74) is 10.4. The number of carbonyl (C=O) groups excluding carboxylic acids is 1. The van der Waals surface area contributed by atoms with E-state index in [1.165, 1.54) is 5.56 Å². The number of aromatic nitrogens is 2. The van der Waals surface area contributed by atoms with E-state index in [1.807, 2.05) is 26.0 Å². The van der Waals surface area contributed by atoms with Crippen LogP contribution in [0.4, 0.5) is 10.6 Å². The molecule has 6 rings (SSSR count). The van der Waals surface area contributed by atoms with Gasteiger partial charge in [-0.05, 0) is 55.3 Å². The fraction of sp³-hybridized carbons (Fsp3) is 0.310. The summed E-state index contributed by atoms with van der Waals surface area (Å²) in [6.07, 6.45) is 3.46. The van der Waals surface area contributed by atoms with Gasteiger partial charge in [0.15, 0.2) is 11.6 Å². The molecular weight excluding hydrogens is 537 g/mol. The Hall–Kier alpha value is -3.46. The van der Waals surface area contributed by atoms with Gasteiger partial charge in [-0.1, -0.05) is 35.3 Å². The molecule has 10 heteroatoms. The minimum atomic E-state index is -0.492. The predicted octanol–water partition coefficient (Wildman–Crippen LogP) is 6.02. The number of nitrogens with zero attached hydrogens (tertiary/aromatic N) is 2. The quantitative estimate of drug-likeness (QED) is 0.264. The second-order valence-electron chi connectivity index (χ2n) is 10.7. The number of benzene rings is 2. The molecule has 2 aliphatic heterocycles. The highest BCUT2D eigenvalue weighted by Gasteiger charge is 2.48. The largest absolute Gasteiger partial charge is 0.485 e. The SMILES string of the molecule is CC1(C)OC(=O)N[C@H]2CN(Cc3c[nH]c4ccc(-c5cnc(N)c(OCc6c(Cl)cccc6Cl)c5)cc34)CC21. The summed E-state index contributed by atoms with van der Waals surface area (Å²) < 4.78 is 11.6. The first-order chi connectivity index (χ1) is 18.7. The molecule has 0 radical (unpaired) electrons. The summed E-state index contributed by atoms with van der Waals surface area (Å²) in [5.74, 6) is 0.986. The molecule has 8 nitrogen and oxygen atoms in total. The highest BCUT2D eigenvalue weighted by molar-refractivity contribution is 6.35. The zero-order valence-corrected chi connectivity index (χ0v) is 23.1. The second kappa shape index (κ2) is 9.93. The third-order valence-corrected chi connectivity index (χ3v) is 8.47. The number of carbonyl (C=O) groups is 1. The molecular formula is C29H29Cl2N5O3. The second-order valence-corrected chi connectivity index (χ2v) is 11.5. The Labute approximate surface area is 236 Å². The van der Waals surface area contributed by atoms with Gasteiger partial charge >= 0.3 is 6.09 Å². The van der Waals surface area contributed by atoms with Gasteiger partial charge in [0.25, 0.3) is 0 Å². The van der Waals surface area contributed by atoms with Gasteiger partial charge in [0.2, 0.25) is 0 Å². The van der Waals surface area contributed by atoms with Gasteiger partial charge in [-0.2, -0.15) is 0 Å². The minimum absolute atomic E-state index is 0.0851. The Morgan fingerprint density at radius 3 is 2.74 bits per heavy atom. The third-order valence-electron chi connectivity index (χ3n) is 7.76. The number of nitrogens with two attached hydrogens (primary N) is 1. The lowest BCUT2D eigenvalue weighted by Gasteiger charge is -2.39. The van der Waals surface area contributed by atoms with Crippen LogP contribution >= 0.6 is 23.2 Å². The lowest BCUT2D eigenvalue weighted by molar-refractivity contribution is -0.0344. The van der Waals surface area contributed by atoms with Crippen LogP contribution in [0.15, 0.2) is 54.9 Å². The number of nitrogen functional groups attached to an aromatic ring is 1. The highest BCUT2D eigenvalue weighted by atomic mass is 35.5. The number of cyclic esters (lactones) is 1. The number of nitrogens with one attached hydrogen (secondary N) is 2. The third kappa shape index (κ3) is 5.00. The van der Waals surface area contributed by atoms with Crippen LogP contribution in [0.5, 0.6) is 5.75 Å². The fourth-order valence-corrected chi connectivity index (χ4v) is 6.15. The van der Waals surface area contributed by atoms with E-state index < -0.39 is 5.60 Å². The molecule has 2 aromatic heterocycles. The van der Waals surface area contributed by atoms with Crippen molar-refractivity contribution in [3.63, 3.8) is 0 Å². The number of aromatic amines is 1. The molecule has 2 atom stereocenters. The van der Waals surface area contributed by atoms with Crippen LogP contribution in [0.1, 0.15) is 25.0 Å². The van der Waals surface area contributed by atoms with E-state index in [2.05, 4.69) is 38.5 Å². The first-order valence-corrected chi connectivity index (χ1v) is 13.6. The van der Waals surface area contributed by atoms with Gasteiger partial charge in [0, 0.05) is 70.0 Å². The van der Waals surface area contributed by atoms with Crippen LogP contribution in [0.25, 0.3) is 22.0 Å². The number of likely N-dealkylation sites (tertiary alicyclic amines) is 1. The average Bonchev–Trinajstić information content (AvgIpc) is 3.48. The summed E-state index contributed by atoms with van der Waals surface area (Å²) in [5, 5.41) is 5.19. The Bertz CT molecular complexity index is 1550. The van der Waals surface area contributed by atoms with Crippen molar-refractivity contribution in [3.8, 4) is 16.9 Å². The summed E-state index contributed by atoms with van der Waals surface area (Å²) in [7, 11) is 0. The Morgan fingerprint density at radius 1 is 1.15 bits per heavy atom. The number of pyridine rings is 1. The molecule has 0 spiro atoms. The summed E-state index contributed by atoms with van der Waals surface area (Å²) in [6.45, 7) is 6.55. The molecule has 2 aromatic carbocycles. The van der Waals surface area contributed by atoms with Crippen LogP contribution in [-0.4, -0.2) is 45.7 Å². The summed E-state index contributed by atoms with van der Waals surface area (Å²) in [6, 6.07) is 13.6. The van der Waals surface area contributed by atoms with E-state index in [1.54, 1.807) is 24.4 Å². The van der Waals surface area contributed by atoms with Crippen LogP contribution in [0.2, 0.25) is 10.0 Å². The number of H-pyrrole nitrogens is 1. The van der Waals surface area contributed by atoms with E-state index in [9.17, 15) is 4.79 Å². The number of hydrogen-bond donors (Lipinski definition) is 3. The topological polar surface area (TPSA) is 106 Å². The normalized spacial score (nSPS) is 20.5. The number of hydrogen-bond acceptors (Lipinski definition) is 6. The minimum Gasteiger partial charge on any atom is -0.485 e. The number of anilines is 1. The van der Waals surface area contributed by atoms with E-state index in [4.69, 9.17) is 38.4 Å². The van der Waals surface area contributed by atoms with E-state index in [-0.39, 0.29) is 24.7 Å². The van der Waals surface area contributed by atoms with Crippen molar-refractivity contribution in [2.24, 2.45) is 5.92 Å². The van der Waals surface area contributed by atoms with Crippen molar-refractivity contribution in [1.29, 1.82) is 0 Å². The van der Waals surface area contributed by atoms with Gasteiger partial charge < -0.3 is 25.5 Å². The fourth-order valence-electron chi connectivity index (χ4n) is 5.64. The van der Waals surface area contributed by atoms with Gasteiger partial charge in [0.05, 0.1) is 6.04 Å². The summed E-state index contributed by atoms with van der Waals surface area (Å²) >= 11 is 12.6. The molecule has 4 N–H and O–H groups in total. The molecule has 2 aliphatic rings. The van der Waals surface area contributed by atoms with E-state index in [0.29, 0.717) is 27.2 Å². The van der Waals surface area contributed by atoms with Gasteiger partial charge in [0.1, 0.15) is 12.2 Å². The molecule has 4 aromatic rings. The monoisotopic (exact) mass is 565 g/mol. The Balaban J connectivity index is 1.23. The number of ether oxygens (including phenoxy) is 2. The van der Waals surface area contributed by atoms with Crippen LogP contribution < -0.4 is 15.8 Å². The smallest absolute Gasteiger partial charge is 0.407 e. The first kappa shape index (κ1) is 25.8. The Kier molecular flexibility index (Phi) is 6.57.